The van der Waals surface area contributed by atoms with Crippen LogP contribution in [0.1, 0.15) is 5.56 Å². The minimum atomic E-state index is -1.68. The number of hydrogen-bond donors (Lipinski definition) is 3. The minimum absolute atomic E-state index is 0.171. The molecule has 1 radical (unpaired) electrons. The van der Waals surface area contributed by atoms with Crippen molar-refractivity contribution in [3.05, 3.63) is 33.8 Å². The van der Waals surface area contributed by atoms with Crippen molar-refractivity contribution in [2.24, 2.45) is 0 Å². The van der Waals surface area contributed by atoms with Crippen LogP contribution >= 0.6 is 23.2 Å². The summed E-state index contributed by atoms with van der Waals surface area (Å²) in [4.78, 5) is 21.6. The van der Waals surface area contributed by atoms with Gasteiger partial charge in [0.05, 0.1) is 6.42 Å². The number of nitrogens with one attached hydrogen (secondary N) is 3. The van der Waals surface area contributed by atoms with Crippen molar-refractivity contribution in [1.82, 2.24) is 10.6 Å². The lowest BCUT2D eigenvalue weighted by Gasteiger charge is -2.08. The van der Waals surface area contributed by atoms with Crippen molar-refractivity contribution in [2.45, 2.75) is 6.42 Å². The summed E-state index contributed by atoms with van der Waals surface area (Å²) in [5.41, 5.74) is 0.402. The molecule has 0 unspecified atom stereocenters. The first-order chi connectivity index (χ1) is 8.40. The zero-order valence-corrected chi connectivity index (χ0v) is 10.4. The second-order valence-electron chi connectivity index (χ2n) is 3.21. The Balaban J connectivity index is 2.65. The molecule has 2 amide bonds. The first-order valence-electron chi connectivity index (χ1n) is 4.69. The SMILES string of the molecule is N=C(NC([O])=O)NC(=O)Cc1c(Cl)cccc1Cl. The van der Waals surface area contributed by atoms with Gasteiger partial charge < -0.3 is 0 Å². The molecule has 18 heavy (non-hydrogen) atoms. The molecule has 0 aliphatic carbocycles. The maximum Gasteiger partial charge on any atom is 0.457 e. The molecule has 0 spiro atoms. The van der Waals surface area contributed by atoms with Gasteiger partial charge in [0.15, 0.2) is 0 Å². The van der Waals surface area contributed by atoms with E-state index >= 15 is 0 Å². The zero-order chi connectivity index (χ0) is 13.7. The summed E-state index contributed by atoms with van der Waals surface area (Å²) in [5.74, 6) is -1.31. The van der Waals surface area contributed by atoms with Crippen LogP contribution in [0.25, 0.3) is 0 Å². The zero-order valence-electron chi connectivity index (χ0n) is 8.92. The predicted molar refractivity (Wildman–Crippen MR) is 65.3 cm³/mol. The first-order valence-corrected chi connectivity index (χ1v) is 5.45. The summed E-state index contributed by atoms with van der Waals surface area (Å²) in [6.07, 6.45) is -1.86. The maximum atomic E-state index is 11.5. The van der Waals surface area contributed by atoms with Crippen molar-refractivity contribution in [1.29, 1.82) is 5.41 Å². The normalized spacial score (nSPS) is 9.67. The Morgan fingerprint density at radius 3 is 2.22 bits per heavy atom. The summed E-state index contributed by atoms with van der Waals surface area (Å²) < 4.78 is 0. The van der Waals surface area contributed by atoms with Crippen LogP contribution < -0.4 is 10.6 Å². The standard InChI is InChI=1S/C10H8Cl2N3O3/c11-6-2-1-3-7(12)5(6)4-8(16)14-9(13)15-10(17)18/h1-3H,4H2,(H3,13,14,15,16). The van der Waals surface area contributed by atoms with E-state index in [1.54, 1.807) is 23.5 Å². The number of benzene rings is 1. The van der Waals surface area contributed by atoms with E-state index in [0.29, 0.717) is 15.6 Å². The summed E-state index contributed by atoms with van der Waals surface area (Å²) in [6.45, 7) is 0. The van der Waals surface area contributed by atoms with E-state index in [-0.39, 0.29) is 6.42 Å². The van der Waals surface area contributed by atoms with E-state index in [2.05, 4.69) is 0 Å². The fourth-order valence-electron chi connectivity index (χ4n) is 1.18. The second kappa shape index (κ2) is 6.23. The molecule has 3 N–H and O–H groups in total. The largest absolute Gasteiger partial charge is 0.457 e. The van der Waals surface area contributed by atoms with E-state index < -0.39 is 18.0 Å². The van der Waals surface area contributed by atoms with Crippen LogP contribution in [0.15, 0.2) is 18.2 Å². The van der Waals surface area contributed by atoms with Gasteiger partial charge >= 0.3 is 6.09 Å². The average molecular weight is 289 g/mol. The molecule has 0 aliphatic rings. The molecule has 6 nitrogen and oxygen atoms in total. The maximum absolute atomic E-state index is 11.5. The summed E-state index contributed by atoms with van der Waals surface area (Å²) in [7, 11) is 0. The smallest absolute Gasteiger partial charge is 0.296 e. The van der Waals surface area contributed by atoms with E-state index in [1.807, 2.05) is 5.32 Å². The minimum Gasteiger partial charge on any atom is -0.296 e. The van der Waals surface area contributed by atoms with Crippen molar-refractivity contribution < 1.29 is 14.7 Å². The van der Waals surface area contributed by atoms with Crippen LogP contribution in [0.2, 0.25) is 10.0 Å². The van der Waals surface area contributed by atoms with Crippen LogP contribution in [0, 0.1) is 5.41 Å². The van der Waals surface area contributed by atoms with Crippen LogP contribution in [0.5, 0.6) is 0 Å². The third-order valence-corrected chi connectivity index (χ3v) is 2.60. The number of rotatable bonds is 2. The lowest BCUT2D eigenvalue weighted by Crippen LogP contribution is -2.42. The van der Waals surface area contributed by atoms with Gasteiger partial charge in [0, 0.05) is 10.0 Å². The van der Waals surface area contributed by atoms with Crippen molar-refractivity contribution in [3.8, 4) is 0 Å². The highest BCUT2D eigenvalue weighted by atomic mass is 35.5. The monoisotopic (exact) mass is 288 g/mol. The summed E-state index contributed by atoms with van der Waals surface area (Å²) >= 11 is 11.7. The van der Waals surface area contributed by atoms with Gasteiger partial charge in [-0.25, -0.2) is 9.90 Å². The quantitative estimate of drug-likeness (QED) is 0.570. The van der Waals surface area contributed by atoms with Gasteiger partial charge in [-0.1, -0.05) is 29.3 Å². The Bertz CT molecular complexity index is 485. The molecule has 1 aromatic carbocycles. The summed E-state index contributed by atoms with van der Waals surface area (Å²) in [5, 5.41) is 21.4. The van der Waals surface area contributed by atoms with Crippen LogP contribution in [0.4, 0.5) is 4.79 Å². The third kappa shape index (κ3) is 4.23. The fourth-order valence-corrected chi connectivity index (χ4v) is 1.71. The highest BCUT2D eigenvalue weighted by Gasteiger charge is 2.13. The van der Waals surface area contributed by atoms with Crippen LogP contribution in [0.3, 0.4) is 0 Å². The molecule has 0 aromatic heterocycles. The van der Waals surface area contributed by atoms with Gasteiger partial charge in [0.1, 0.15) is 0 Å². The second-order valence-corrected chi connectivity index (χ2v) is 4.03. The van der Waals surface area contributed by atoms with E-state index in [9.17, 15) is 14.7 Å². The Morgan fingerprint density at radius 2 is 1.72 bits per heavy atom. The van der Waals surface area contributed by atoms with Gasteiger partial charge in [-0.05, 0) is 17.7 Å². The van der Waals surface area contributed by atoms with Gasteiger partial charge in [0.25, 0.3) is 0 Å². The lowest BCUT2D eigenvalue weighted by atomic mass is 10.1. The molecule has 0 atom stereocenters. The van der Waals surface area contributed by atoms with Gasteiger partial charge in [-0.2, -0.15) is 0 Å². The lowest BCUT2D eigenvalue weighted by molar-refractivity contribution is -0.119. The Hall–Kier alpha value is -1.79. The molecule has 0 fully saturated rings. The Morgan fingerprint density at radius 1 is 1.17 bits per heavy atom. The first kappa shape index (κ1) is 14.3. The Kier molecular flexibility index (Phi) is 4.94. The average Bonchev–Trinajstić information content (AvgIpc) is 2.22. The van der Waals surface area contributed by atoms with Crippen molar-refractivity contribution in [3.63, 3.8) is 0 Å². The molecule has 95 valence electrons. The van der Waals surface area contributed by atoms with E-state index in [4.69, 9.17) is 28.6 Å². The summed E-state index contributed by atoms with van der Waals surface area (Å²) in [6, 6.07) is 4.77. The fraction of sp³-hybridized carbons (Fsp3) is 0.100. The molecule has 0 saturated heterocycles. The van der Waals surface area contributed by atoms with Gasteiger partial charge in [-0.3, -0.25) is 20.8 Å². The molecule has 1 rings (SSSR count). The van der Waals surface area contributed by atoms with Gasteiger partial charge in [-0.15, -0.1) is 0 Å². The molecule has 0 bridgehead atoms. The Labute approximate surface area is 112 Å². The van der Waals surface area contributed by atoms with E-state index in [1.165, 1.54) is 0 Å². The highest BCUT2D eigenvalue weighted by Crippen LogP contribution is 2.24. The molecule has 0 aliphatic heterocycles. The number of hydrogen-bond acceptors (Lipinski definition) is 3. The van der Waals surface area contributed by atoms with E-state index in [0.717, 1.165) is 0 Å². The molecular formula is C10H8Cl2N3O3. The van der Waals surface area contributed by atoms with Gasteiger partial charge in [0.2, 0.25) is 11.9 Å². The topological polar surface area (TPSA) is 102 Å². The van der Waals surface area contributed by atoms with Crippen molar-refractivity contribution in [2.75, 3.05) is 0 Å². The number of amides is 2. The van der Waals surface area contributed by atoms with Crippen LogP contribution in [-0.4, -0.2) is 18.0 Å². The number of carbonyl (C=O) groups excluding carboxylic acids is 2. The number of carbonyl (C=O) groups is 2. The molecule has 0 heterocycles. The predicted octanol–water partition coefficient (Wildman–Crippen LogP) is 1.73. The third-order valence-electron chi connectivity index (χ3n) is 1.89. The molecule has 8 heteroatoms. The van der Waals surface area contributed by atoms with Crippen molar-refractivity contribution >= 4 is 41.2 Å². The molecule has 0 saturated carbocycles. The number of halogens is 2. The number of guanidine groups is 1. The highest BCUT2D eigenvalue weighted by molar-refractivity contribution is 6.36. The molecule has 1 aromatic rings. The van der Waals surface area contributed by atoms with Crippen LogP contribution in [-0.2, 0) is 16.3 Å². The molecular weight excluding hydrogens is 281 g/mol.